The Hall–Kier alpha value is -1.27. The minimum atomic E-state index is -4.49. The third-order valence-electron chi connectivity index (χ3n) is 1.84. The van der Waals surface area contributed by atoms with Gasteiger partial charge in [0.25, 0.3) is 0 Å². The van der Waals surface area contributed by atoms with Crippen LogP contribution < -0.4 is 5.73 Å². The number of carboxylic acid groups (broad SMARTS) is 1. The van der Waals surface area contributed by atoms with Crippen LogP contribution in [-0.2, 0) is 11.0 Å². The second kappa shape index (κ2) is 5.18. The minimum absolute atomic E-state index is 0. The van der Waals surface area contributed by atoms with Crippen molar-refractivity contribution in [2.75, 3.05) is 0 Å². The van der Waals surface area contributed by atoms with E-state index in [0.717, 1.165) is 18.2 Å². The summed E-state index contributed by atoms with van der Waals surface area (Å²) in [5, 5.41) is 8.52. The molecule has 90 valence electrons. The Morgan fingerprint density at radius 1 is 1.38 bits per heavy atom. The molecule has 0 aliphatic heterocycles. The number of nitrogens with two attached hydrogens (primary N) is 1. The van der Waals surface area contributed by atoms with Crippen LogP contribution in [0.3, 0.4) is 0 Å². The van der Waals surface area contributed by atoms with Crippen molar-refractivity contribution in [1.82, 2.24) is 0 Å². The smallest absolute Gasteiger partial charge is 0.416 e. The van der Waals surface area contributed by atoms with E-state index in [9.17, 15) is 18.0 Å². The van der Waals surface area contributed by atoms with Gasteiger partial charge in [0.2, 0.25) is 0 Å². The first-order valence-corrected chi connectivity index (χ1v) is 3.98. The monoisotopic (exact) mass is 255 g/mol. The van der Waals surface area contributed by atoms with Gasteiger partial charge in [0.05, 0.1) is 5.56 Å². The average Bonchev–Trinajstić information content (AvgIpc) is 2.15. The van der Waals surface area contributed by atoms with Crippen LogP contribution >= 0.6 is 12.4 Å². The van der Waals surface area contributed by atoms with Crippen LogP contribution in [0.5, 0.6) is 0 Å². The van der Waals surface area contributed by atoms with Gasteiger partial charge in [0.1, 0.15) is 6.04 Å². The number of rotatable bonds is 2. The number of hydrogen-bond donors (Lipinski definition) is 2. The summed E-state index contributed by atoms with van der Waals surface area (Å²) >= 11 is 0. The Morgan fingerprint density at radius 2 is 1.94 bits per heavy atom. The molecular formula is C9H9ClF3NO2. The Kier molecular flexibility index (Phi) is 4.77. The maximum Gasteiger partial charge on any atom is 0.416 e. The molecule has 0 spiro atoms. The van der Waals surface area contributed by atoms with Crippen LogP contribution in [0.4, 0.5) is 13.2 Å². The highest BCUT2D eigenvalue weighted by atomic mass is 35.5. The molecule has 0 heterocycles. The van der Waals surface area contributed by atoms with Crippen LogP contribution in [-0.4, -0.2) is 11.1 Å². The van der Waals surface area contributed by atoms with E-state index in [1.54, 1.807) is 0 Å². The van der Waals surface area contributed by atoms with Gasteiger partial charge < -0.3 is 10.8 Å². The van der Waals surface area contributed by atoms with E-state index in [0.29, 0.717) is 0 Å². The van der Waals surface area contributed by atoms with Gasteiger partial charge in [-0.1, -0.05) is 12.1 Å². The van der Waals surface area contributed by atoms with Crippen LogP contribution in [0.2, 0.25) is 0 Å². The van der Waals surface area contributed by atoms with Gasteiger partial charge in [-0.15, -0.1) is 12.4 Å². The quantitative estimate of drug-likeness (QED) is 0.852. The molecule has 3 nitrogen and oxygen atoms in total. The van der Waals surface area contributed by atoms with E-state index in [2.05, 4.69) is 0 Å². The van der Waals surface area contributed by atoms with Crippen molar-refractivity contribution in [1.29, 1.82) is 0 Å². The summed E-state index contributed by atoms with van der Waals surface area (Å²) < 4.78 is 36.7. The third kappa shape index (κ3) is 3.39. The Labute approximate surface area is 95.5 Å². The Balaban J connectivity index is 0.00000225. The second-order valence-electron chi connectivity index (χ2n) is 2.94. The zero-order valence-corrected chi connectivity index (χ0v) is 8.68. The van der Waals surface area contributed by atoms with Crippen molar-refractivity contribution in [3.63, 3.8) is 0 Å². The van der Waals surface area contributed by atoms with Crippen molar-refractivity contribution in [2.45, 2.75) is 12.2 Å². The molecular weight excluding hydrogens is 247 g/mol. The molecule has 1 atom stereocenters. The molecule has 0 fully saturated rings. The van der Waals surface area contributed by atoms with Crippen LogP contribution in [0, 0.1) is 0 Å². The van der Waals surface area contributed by atoms with Crippen molar-refractivity contribution < 1.29 is 23.1 Å². The lowest BCUT2D eigenvalue weighted by Gasteiger charge is -2.10. The van der Waals surface area contributed by atoms with Crippen LogP contribution in [0.15, 0.2) is 24.3 Å². The maximum absolute atomic E-state index is 12.2. The minimum Gasteiger partial charge on any atom is -0.480 e. The highest BCUT2D eigenvalue weighted by Gasteiger charge is 2.31. The first-order chi connectivity index (χ1) is 6.82. The molecule has 0 saturated heterocycles. The van der Waals surface area contributed by atoms with Crippen molar-refractivity contribution >= 4 is 18.4 Å². The molecule has 0 amide bonds. The van der Waals surface area contributed by atoms with E-state index >= 15 is 0 Å². The molecule has 0 bridgehead atoms. The number of carboxylic acids is 1. The standard InChI is InChI=1S/C9H8F3NO2.ClH/c10-9(11,12)6-3-1-2-5(4-6)7(13)8(14)15;/h1-4,7H,13H2,(H,14,15);1H/t7-;/m1./s1. The van der Waals surface area contributed by atoms with Gasteiger partial charge in [0.15, 0.2) is 0 Å². The molecule has 0 aromatic heterocycles. The van der Waals surface area contributed by atoms with Gasteiger partial charge in [-0.3, -0.25) is 4.79 Å². The molecule has 7 heteroatoms. The highest BCUT2D eigenvalue weighted by molar-refractivity contribution is 5.85. The fourth-order valence-corrected chi connectivity index (χ4v) is 1.05. The van der Waals surface area contributed by atoms with Crippen molar-refractivity contribution in [3.05, 3.63) is 35.4 Å². The summed E-state index contributed by atoms with van der Waals surface area (Å²) in [7, 11) is 0. The molecule has 0 aliphatic carbocycles. The predicted octanol–water partition coefficient (Wildman–Crippen LogP) is 2.21. The maximum atomic E-state index is 12.2. The third-order valence-corrected chi connectivity index (χ3v) is 1.84. The van der Waals surface area contributed by atoms with Crippen LogP contribution in [0.1, 0.15) is 17.2 Å². The molecule has 0 saturated carbocycles. The summed E-state index contributed by atoms with van der Waals surface area (Å²) in [5.74, 6) is -1.37. The van der Waals surface area contributed by atoms with E-state index < -0.39 is 23.8 Å². The van der Waals surface area contributed by atoms with Gasteiger partial charge in [-0.05, 0) is 17.7 Å². The fraction of sp³-hybridized carbons (Fsp3) is 0.222. The number of alkyl halides is 3. The largest absolute Gasteiger partial charge is 0.480 e. The summed E-state index contributed by atoms with van der Waals surface area (Å²) in [6, 6.07) is 2.53. The summed E-state index contributed by atoms with van der Waals surface area (Å²) in [5.41, 5.74) is 4.21. The lowest BCUT2D eigenvalue weighted by molar-refractivity contribution is -0.140. The number of carbonyl (C=O) groups is 1. The Bertz CT molecular complexity index is 381. The molecule has 0 aliphatic rings. The zero-order chi connectivity index (χ0) is 11.6. The molecule has 1 rings (SSSR count). The SMILES string of the molecule is Cl.N[C@@H](C(=O)O)c1cccc(C(F)(F)F)c1. The summed E-state index contributed by atoms with van der Waals surface area (Å²) in [6.07, 6.45) is -4.49. The van der Waals surface area contributed by atoms with Gasteiger partial charge in [-0.25, -0.2) is 0 Å². The summed E-state index contributed by atoms with van der Waals surface area (Å²) in [4.78, 5) is 10.5. The summed E-state index contributed by atoms with van der Waals surface area (Å²) in [6.45, 7) is 0. The molecule has 16 heavy (non-hydrogen) atoms. The lowest BCUT2D eigenvalue weighted by atomic mass is 10.0. The van der Waals surface area contributed by atoms with E-state index in [4.69, 9.17) is 10.8 Å². The average molecular weight is 256 g/mol. The lowest BCUT2D eigenvalue weighted by Crippen LogP contribution is -2.21. The first-order valence-electron chi connectivity index (χ1n) is 3.98. The van der Waals surface area contributed by atoms with Crippen LogP contribution in [0.25, 0.3) is 0 Å². The second-order valence-corrected chi connectivity index (χ2v) is 2.94. The number of benzene rings is 1. The topological polar surface area (TPSA) is 63.3 Å². The van der Waals surface area contributed by atoms with Gasteiger partial charge in [-0.2, -0.15) is 13.2 Å². The number of hydrogen-bond acceptors (Lipinski definition) is 2. The molecule has 0 unspecified atom stereocenters. The van der Waals surface area contributed by atoms with E-state index in [-0.39, 0.29) is 18.0 Å². The first kappa shape index (κ1) is 14.7. The van der Waals surface area contributed by atoms with E-state index in [1.807, 2.05) is 0 Å². The number of aliphatic carboxylic acids is 1. The molecule has 3 N–H and O–H groups in total. The molecule has 0 radical (unpaired) electrons. The van der Waals surface area contributed by atoms with Gasteiger partial charge >= 0.3 is 12.1 Å². The van der Waals surface area contributed by atoms with Crippen molar-refractivity contribution in [3.8, 4) is 0 Å². The zero-order valence-electron chi connectivity index (χ0n) is 7.86. The number of halogens is 4. The normalized spacial score (nSPS) is 12.8. The van der Waals surface area contributed by atoms with E-state index in [1.165, 1.54) is 6.07 Å². The Morgan fingerprint density at radius 3 is 2.38 bits per heavy atom. The van der Waals surface area contributed by atoms with Gasteiger partial charge in [0, 0.05) is 0 Å². The molecule has 1 aromatic rings. The predicted molar refractivity (Wildman–Crippen MR) is 53.3 cm³/mol. The highest BCUT2D eigenvalue weighted by Crippen LogP contribution is 2.30. The van der Waals surface area contributed by atoms with Crippen molar-refractivity contribution in [2.24, 2.45) is 5.73 Å². The fourth-order valence-electron chi connectivity index (χ4n) is 1.05. The molecule has 1 aromatic carbocycles.